The molecular formula is C9H15NO4. The first-order valence-electron chi connectivity index (χ1n) is 4.13. The lowest BCUT2D eigenvalue weighted by Crippen LogP contribution is -2.36. The highest BCUT2D eigenvalue weighted by molar-refractivity contribution is 5.86. The van der Waals surface area contributed by atoms with E-state index in [2.05, 4.69) is 16.6 Å². The Morgan fingerprint density at radius 1 is 1.57 bits per heavy atom. The summed E-state index contributed by atoms with van der Waals surface area (Å²) in [7, 11) is 0. The number of carbonyl (C=O) groups excluding carboxylic acids is 1. The lowest BCUT2D eigenvalue weighted by atomic mass is 9.95. The number of ether oxygens (including phenoxy) is 1. The summed E-state index contributed by atoms with van der Waals surface area (Å²) in [6, 6.07) is 0. The molecule has 0 aromatic carbocycles. The Bertz CT molecular complexity index is 235. The first-order valence-corrected chi connectivity index (χ1v) is 4.13. The van der Waals surface area contributed by atoms with Crippen molar-refractivity contribution >= 4 is 12.1 Å². The van der Waals surface area contributed by atoms with Gasteiger partial charge in [-0.1, -0.05) is 20.4 Å². The zero-order valence-electron chi connectivity index (χ0n) is 8.37. The van der Waals surface area contributed by atoms with Crippen LogP contribution in [0.3, 0.4) is 0 Å². The fourth-order valence-electron chi connectivity index (χ4n) is 0.707. The molecule has 0 aromatic heterocycles. The zero-order chi connectivity index (χ0) is 11.2. The molecule has 0 rings (SSSR count). The summed E-state index contributed by atoms with van der Waals surface area (Å²) in [5.74, 6) is -0.284. The molecule has 0 aliphatic rings. The van der Waals surface area contributed by atoms with E-state index < -0.39 is 11.6 Å². The van der Waals surface area contributed by atoms with E-state index in [0.29, 0.717) is 6.54 Å². The van der Waals surface area contributed by atoms with Gasteiger partial charge in [0.25, 0.3) is 0 Å². The van der Waals surface area contributed by atoms with E-state index in [9.17, 15) is 9.59 Å². The Morgan fingerprint density at radius 3 is 2.57 bits per heavy atom. The Balaban J connectivity index is 3.88. The van der Waals surface area contributed by atoms with Crippen LogP contribution in [0.4, 0.5) is 4.79 Å². The van der Waals surface area contributed by atoms with E-state index in [4.69, 9.17) is 5.11 Å². The molecule has 0 spiro atoms. The van der Waals surface area contributed by atoms with Crippen LogP contribution in [0.15, 0.2) is 12.7 Å². The van der Waals surface area contributed by atoms with Gasteiger partial charge in [-0.3, -0.25) is 4.79 Å². The van der Waals surface area contributed by atoms with Crippen molar-refractivity contribution < 1.29 is 19.4 Å². The molecule has 80 valence electrons. The van der Waals surface area contributed by atoms with E-state index in [0.717, 1.165) is 6.08 Å². The van der Waals surface area contributed by atoms with Gasteiger partial charge in [0.15, 0.2) is 0 Å². The smallest absolute Gasteiger partial charge is 0.450 e. The molecule has 0 aliphatic carbocycles. The summed E-state index contributed by atoms with van der Waals surface area (Å²) in [5, 5.41) is 10.8. The van der Waals surface area contributed by atoms with Crippen molar-refractivity contribution in [3.8, 4) is 0 Å². The van der Waals surface area contributed by atoms with Gasteiger partial charge in [0.1, 0.15) is 6.61 Å². The highest BCUT2D eigenvalue weighted by Gasteiger charge is 2.20. The predicted molar refractivity (Wildman–Crippen MR) is 51.0 cm³/mol. The van der Waals surface area contributed by atoms with E-state index in [1.807, 2.05) is 0 Å². The van der Waals surface area contributed by atoms with Crippen LogP contribution in [-0.4, -0.2) is 30.3 Å². The van der Waals surface area contributed by atoms with Crippen LogP contribution in [0.2, 0.25) is 0 Å². The van der Waals surface area contributed by atoms with Crippen molar-refractivity contribution in [1.82, 2.24) is 5.32 Å². The van der Waals surface area contributed by atoms with Crippen LogP contribution >= 0.6 is 0 Å². The van der Waals surface area contributed by atoms with Gasteiger partial charge in [0.2, 0.25) is 5.91 Å². The molecular weight excluding hydrogens is 186 g/mol. The number of carboxylic acid groups (broad SMARTS) is 1. The Labute approximate surface area is 82.7 Å². The van der Waals surface area contributed by atoms with Gasteiger partial charge in [0.05, 0.1) is 0 Å². The number of nitrogens with one attached hydrogen (secondary N) is 1. The maximum absolute atomic E-state index is 10.8. The van der Waals surface area contributed by atoms with Crippen molar-refractivity contribution in [2.45, 2.75) is 13.8 Å². The van der Waals surface area contributed by atoms with Crippen molar-refractivity contribution in [1.29, 1.82) is 0 Å². The molecule has 0 aromatic rings. The predicted octanol–water partition coefficient (Wildman–Crippen LogP) is 1.01. The largest absolute Gasteiger partial charge is 0.505 e. The number of hydrogen-bond acceptors (Lipinski definition) is 3. The van der Waals surface area contributed by atoms with Gasteiger partial charge in [-0.15, -0.1) is 0 Å². The summed E-state index contributed by atoms with van der Waals surface area (Å²) < 4.78 is 4.41. The molecule has 0 unspecified atom stereocenters. The minimum Gasteiger partial charge on any atom is -0.450 e. The minimum absolute atomic E-state index is 0.0414. The van der Waals surface area contributed by atoms with E-state index >= 15 is 0 Å². The van der Waals surface area contributed by atoms with Crippen LogP contribution in [0, 0.1) is 5.41 Å². The van der Waals surface area contributed by atoms with Crippen LogP contribution in [0.5, 0.6) is 0 Å². The molecule has 0 aliphatic heterocycles. The summed E-state index contributed by atoms with van der Waals surface area (Å²) in [6.07, 6.45) is -0.151. The Morgan fingerprint density at radius 2 is 2.14 bits per heavy atom. The molecule has 0 heterocycles. The number of amides is 1. The van der Waals surface area contributed by atoms with E-state index in [1.54, 1.807) is 13.8 Å². The Hall–Kier alpha value is -1.52. The SMILES string of the molecule is C=CC(=O)NCC(C)(C)COC(=O)O. The summed E-state index contributed by atoms with van der Waals surface area (Å²) in [4.78, 5) is 20.9. The fourth-order valence-corrected chi connectivity index (χ4v) is 0.707. The second-order valence-electron chi connectivity index (χ2n) is 3.64. The highest BCUT2D eigenvalue weighted by atomic mass is 16.7. The van der Waals surface area contributed by atoms with Gasteiger partial charge in [-0.05, 0) is 6.08 Å². The van der Waals surface area contributed by atoms with E-state index in [1.165, 1.54) is 0 Å². The molecule has 0 radical (unpaired) electrons. The maximum Gasteiger partial charge on any atom is 0.505 e. The van der Waals surface area contributed by atoms with Crippen LogP contribution in [-0.2, 0) is 9.53 Å². The van der Waals surface area contributed by atoms with Crippen molar-refractivity contribution in [2.24, 2.45) is 5.41 Å². The normalized spacial score (nSPS) is 10.4. The first-order chi connectivity index (χ1) is 6.37. The molecule has 14 heavy (non-hydrogen) atoms. The van der Waals surface area contributed by atoms with Gasteiger partial charge < -0.3 is 15.2 Å². The topological polar surface area (TPSA) is 75.6 Å². The molecule has 0 atom stereocenters. The average Bonchev–Trinajstić information content (AvgIpc) is 2.11. The van der Waals surface area contributed by atoms with Crippen LogP contribution in [0.1, 0.15) is 13.8 Å². The zero-order valence-corrected chi connectivity index (χ0v) is 8.37. The average molecular weight is 201 g/mol. The number of rotatable bonds is 5. The highest BCUT2D eigenvalue weighted by Crippen LogP contribution is 2.13. The van der Waals surface area contributed by atoms with Crippen molar-refractivity contribution in [2.75, 3.05) is 13.2 Å². The quantitative estimate of drug-likeness (QED) is 0.514. The summed E-state index contributed by atoms with van der Waals surface area (Å²) in [6.45, 7) is 7.26. The molecule has 1 amide bonds. The van der Waals surface area contributed by atoms with Crippen molar-refractivity contribution in [3.05, 3.63) is 12.7 Å². The second-order valence-corrected chi connectivity index (χ2v) is 3.64. The summed E-state index contributed by atoms with van der Waals surface area (Å²) >= 11 is 0. The monoisotopic (exact) mass is 201 g/mol. The number of carbonyl (C=O) groups is 2. The van der Waals surface area contributed by atoms with Crippen LogP contribution < -0.4 is 5.32 Å². The van der Waals surface area contributed by atoms with Gasteiger partial charge in [-0.25, -0.2) is 4.79 Å². The molecule has 2 N–H and O–H groups in total. The molecule has 0 bridgehead atoms. The molecule has 5 nitrogen and oxygen atoms in total. The van der Waals surface area contributed by atoms with Gasteiger partial charge in [0, 0.05) is 12.0 Å². The van der Waals surface area contributed by atoms with E-state index in [-0.39, 0.29) is 12.5 Å². The second kappa shape index (κ2) is 5.26. The van der Waals surface area contributed by atoms with Gasteiger partial charge >= 0.3 is 6.16 Å². The number of hydrogen-bond donors (Lipinski definition) is 2. The maximum atomic E-state index is 10.8. The standard InChI is InChI=1S/C9H15NO4/c1-4-7(11)10-5-9(2,3)6-14-8(12)13/h4H,1,5-6H2,2-3H3,(H,10,11)(H,12,13). The third-order valence-corrected chi connectivity index (χ3v) is 1.51. The van der Waals surface area contributed by atoms with Crippen molar-refractivity contribution in [3.63, 3.8) is 0 Å². The summed E-state index contributed by atoms with van der Waals surface area (Å²) in [5.41, 5.74) is -0.420. The Kier molecular flexibility index (Phi) is 4.69. The third kappa shape index (κ3) is 6.05. The fraction of sp³-hybridized carbons (Fsp3) is 0.556. The molecule has 0 saturated carbocycles. The van der Waals surface area contributed by atoms with Gasteiger partial charge in [-0.2, -0.15) is 0 Å². The van der Waals surface area contributed by atoms with Crippen LogP contribution in [0.25, 0.3) is 0 Å². The molecule has 5 heteroatoms. The lowest BCUT2D eigenvalue weighted by Gasteiger charge is -2.23. The lowest BCUT2D eigenvalue weighted by molar-refractivity contribution is -0.117. The molecule has 0 fully saturated rings. The minimum atomic E-state index is -1.31. The first kappa shape index (κ1) is 12.5. The molecule has 0 saturated heterocycles. The third-order valence-electron chi connectivity index (χ3n) is 1.51.